The Kier molecular flexibility index (Phi) is 6.06. The van der Waals surface area contributed by atoms with E-state index < -0.39 is 0 Å². The van der Waals surface area contributed by atoms with Gasteiger partial charge >= 0.3 is 0 Å². The maximum atomic E-state index is 5.91. The van der Waals surface area contributed by atoms with Crippen molar-refractivity contribution in [3.8, 4) is 5.88 Å². The maximum Gasteiger partial charge on any atom is 0.218 e. The summed E-state index contributed by atoms with van der Waals surface area (Å²) in [6.07, 6.45) is 1.20. The molecule has 1 aromatic heterocycles. The Morgan fingerprint density at radius 3 is 2.37 bits per heavy atom. The molecule has 0 aliphatic rings. The lowest BCUT2D eigenvalue weighted by Gasteiger charge is -2.17. The minimum absolute atomic E-state index is 0.171. The molecule has 0 radical (unpaired) electrons. The van der Waals surface area contributed by atoms with E-state index in [-0.39, 0.29) is 6.10 Å². The molecule has 1 unspecified atom stereocenters. The number of hydrogen-bond donors (Lipinski definition) is 1. The summed E-state index contributed by atoms with van der Waals surface area (Å²) in [5, 5.41) is 3.23. The molecule has 0 aliphatic heterocycles. The van der Waals surface area contributed by atoms with Gasteiger partial charge in [0.2, 0.25) is 5.88 Å². The molecule has 1 rings (SSSR count). The maximum absolute atomic E-state index is 5.91. The molecule has 1 heterocycles. The van der Waals surface area contributed by atoms with Gasteiger partial charge in [0.25, 0.3) is 0 Å². The second kappa shape index (κ2) is 7.31. The summed E-state index contributed by atoms with van der Waals surface area (Å²) in [5.41, 5.74) is 0. The molecule has 0 bridgehead atoms. The van der Waals surface area contributed by atoms with Crippen LogP contribution in [0.3, 0.4) is 0 Å². The van der Waals surface area contributed by atoms with E-state index >= 15 is 0 Å². The standard InChI is InChI=1S/C15H27N3O/c1-7-16-13-9-14(18-15(17-13)11(4)5)19-12(6)8-10(2)3/h9-12H,7-8H2,1-6H3,(H,16,17,18). The predicted molar refractivity (Wildman–Crippen MR) is 79.8 cm³/mol. The van der Waals surface area contributed by atoms with Crippen LogP contribution < -0.4 is 10.1 Å². The van der Waals surface area contributed by atoms with Crippen LogP contribution in [0.4, 0.5) is 5.82 Å². The minimum atomic E-state index is 0.171. The average molecular weight is 265 g/mol. The first-order valence-corrected chi connectivity index (χ1v) is 7.21. The summed E-state index contributed by atoms with van der Waals surface area (Å²) >= 11 is 0. The molecule has 0 aliphatic carbocycles. The van der Waals surface area contributed by atoms with Crippen molar-refractivity contribution >= 4 is 5.82 Å². The zero-order valence-electron chi connectivity index (χ0n) is 13.0. The van der Waals surface area contributed by atoms with Gasteiger partial charge in [-0.15, -0.1) is 0 Å². The molecule has 0 saturated heterocycles. The first kappa shape index (κ1) is 15.7. The molecule has 1 N–H and O–H groups in total. The molecule has 1 aromatic rings. The number of nitrogens with one attached hydrogen (secondary N) is 1. The van der Waals surface area contributed by atoms with Crippen LogP contribution >= 0.6 is 0 Å². The SMILES string of the molecule is CCNc1cc(OC(C)CC(C)C)nc(C(C)C)n1. The van der Waals surface area contributed by atoms with Gasteiger partial charge in [-0.1, -0.05) is 27.7 Å². The number of hydrogen-bond acceptors (Lipinski definition) is 4. The second-order valence-electron chi connectivity index (χ2n) is 5.69. The van der Waals surface area contributed by atoms with E-state index in [9.17, 15) is 0 Å². The lowest BCUT2D eigenvalue weighted by Crippen LogP contribution is -2.16. The van der Waals surface area contributed by atoms with Crippen molar-refractivity contribution in [1.82, 2.24) is 9.97 Å². The van der Waals surface area contributed by atoms with Gasteiger partial charge in [-0.3, -0.25) is 0 Å². The number of anilines is 1. The van der Waals surface area contributed by atoms with E-state index in [4.69, 9.17) is 4.74 Å². The zero-order valence-corrected chi connectivity index (χ0v) is 13.0. The van der Waals surface area contributed by atoms with Gasteiger partial charge in [0.1, 0.15) is 11.6 Å². The molecular weight excluding hydrogens is 238 g/mol. The Bertz CT molecular complexity index is 391. The normalized spacial score (nSPS) is 12.8. The Balaban J connectivity index is 2.86. The molecular formula is C15H27N3O. The first-order chi connectivity index (χ1) is 8.92. The number of ether oxygens (including phenoxy) is 1. The van der Waals surface area contributed by atoms with Crippen LogP contribution in [-0.4, -0.2) is 22.6 Å². The predicted octanol–water partition coefficient (Wildman–Crippen LogP) is 3.85. The Hall–Kier alpha value is -1.32. The molecule has 0 spiro atoms. The van der Waals surface area contributed by atoms with Crippen LogP contribution in [0.2, 0.25) is 0 Å². The lowest BCUT2D eigenvalue weighted by atomic mass is 10.1. The van der Waals surface area contributed by atoms with Crippen molar-refractivity contribution in [2.24, 2.45) is 5.92 Å². The van der Waals surface area contributed by atoms with E-state index in [2.05, 4.69) is 56.8 Å². The topological polar surface area (TPSA) is 47.0 Å². The Labute approximate surface area is 117 Å². The monoisotopic (exact) mass is 265 g/mol. The number of rotatable bonds is 7. The molecule has 108 valence electrons. The second-order valence-corrected chi connectivity index (χ2v) is 5.69. The summed E-state index contributed by atoms with van der Waals surface area (Å²) in [7, 11) is 0. The fourth-order valence-corrected chi connectivity index (χ4v) is 1.95. The van der Waals surface area contributed by atoms with Gasteiger partial charge < -0.3 is 10.1 Å². The van der Waals surface area contributed by atoms with Gasteiger partial charge in [0.15, 0.2) is 0 Å². The summed E-state index contributed by atoms with van der Waals surface area (Å²) in [5.74, 6) is 3.25. The van der Waals surface area contributed by atoms with Gasteiger partial charge in [-0.05, 0) is 26.2 Å². The van der Waals surface area contributed by atoms with Crippen molar-refractivity contribution in [3.63, 3.8) is 0 Å². The number of nitrogens with zero attached hydrogens (tertiary/aromatic N) is 2. The highest BCUT2D eigenvalue weighted by Crippen LogP contribution is 2.20. The fourth-order valence-electron chi connectivity index (χ4n) is 1.95. The van der Waals surface area contributed by atoms with Crippen molar-refractivity contribution in [2.75, 3.05) is 11.9 Å². The Morgan fingerprint density at radius 1 is 1.16 bits per heavy atom. The minimum Gasteiger partial charge on any atom is -0.474 e. The summed E-state index contributed by atoms with van der Waals surface area (Å²) in [6.45, 7) is 13.6. The molecule has 0 amide bonds. The quantitative estimate of drug-likeness (QED) is 0.813. The average Bonchev–Trinajstić information content (AvgIpc) is 2.27. The van der Waals surface area contributed by atoms with Crippen molar-refractivity contribution < 1.29 is 4.74 Å². The number of aromatic nitrogens is 2. The molecule has 4 nitrogen and oxygen atoms in total. The third kappa shape index (κ3) is 5.45. The summed E-state index contributed by atoms with van der Waals surface area (Å²) in [6, 6.07) is 1.88. The lowest BCUT2D eigenvalue weighted by molar-refractivity contribution is 0.185. The molecule has 1 atom stereocenters. The van der Waals surface area contributed by atoms with Crippen LogP contribution in [0.15, 0.2) is 6.07 Å². The summed E-state index contributed by atoms with van der Waals surface area (Å²) in [4.78, 5) is 8.98. The van der Waals surface area contributed by atoms with E-state index in [1.807, 2.05) is 6.07 Å². The Morgan fingerprint density at radius 2 is 1.84 bits per heavy atom. The van der Waals surface area contributed by atoms with E-state index in [0.717, 1.165) is 24.6 Å². The molecule has 0 fully saturated rings. The largest absolute Gasteiger partial charge is 0.474 e. The van der Waals surface area contributed by atoms with Crippen LogP contribution in [0.1, 0.15) is 59.7 Å². The smallest absolute Gasteiger partial charge is 0.218 e. The van der Waals surface area contributed by atoms with E-state index in [1.165, 1.54) is 0 Å². The molecule has 19 heavy (non-hydrogen) atoms. The molecule has 4 heteroatoms. The highest BCUT2D eigenvalue weighted by molar-refractivity contribution is 5.38. The fraction of sp³-hybridized carbons (Fsp3) is 0.733. The van der Waals surface area contributed by atoms with Gasteiger partial charge in [0, 0.05) is 18.5 Å². The van der Waals surface area contributed by atoms with E-state index in [1.54, 1.807) is 0 Å². The third-order valence-corrected chi connectivity index (χ3v) is 2.72. The van der Waals surface area contributed by atoms with Crippen molar-refractivity contribution in [3.05, 3.63) is 11.9 Å². The highest BCUT2D eigenvalue weighted by Gasteiger charge is 2.12. The van der Waals surface area contributed by atoms with Crippen LogP contribution in [0.25, 0.3) is 0 Å². The third-order valence-electron chi connectivity index (χ3n) is 2.72. The van der Waals surface area contributed by atoms with Gasteiger partial charge in [0.05, 0.1) is 6.10 Å². The van der Waals surface area contributed by atoms with Gasteiger partial charge in [-0.2, -0.15) is 4.98 Å². The van der Waals surface area contributed by atoms with Crippen molar-refractivity contribution in [1.29, 1.82) is 0 Å². The first-order valence-electron chi connectivity index (χ1n) is 7.21. The summed E-state index contributed by atoms with van der Waals surface area (Å²) < 4.78 is 5.91. The van der Waals surface area contributed by atoms with E-state index in [0.29, 0.717) is 17.7 Å². The highest BCUT2D eigenvalue weighted by atomic mass is 16.5. The van der Waals surface area contributed by atoms with Crippen LogP contribution in [0.5, 0.6) is 5.88 Å². The molecule has 0 saturated carbocycles. The molecule has 0 aromatic carbocycles. The van der Waals surface area contributed by atoms with Crippen LogP contribution in [0, 0.1) is 5.92 Å². The van der Waals surface area contributed by atoms with Gasteiger partial charge in [-0.25, -0.2) is 4.98 Å². The zero-order chi connectivity index (χ0) is 14.4. The van der Waals surface area contributed by atoms with Crippen LogP contribution in [-0.2, 0) is 0 Å². The van der Waals surface area contributed by atoms with Crippen molar-refractivity contribution in [2.45, 2.75) is 60.0 Å².